The number of nitrogen functional groups attached to an aromatic ring is 1. The van der Waals surface area contributed by atoms with Gasteiger partial charge in [-0.2, -0.15) is 0 Å². The molecule has 0 aliphatic heterocycles. The second-order valence-corrected chi connectivity index (χ2v) is 5.35. The Morgan fingerprint density at radius 3 is 2.90 bits per heavy atom. The molecule has 3 N–H and O–H groups in total. The lowest BCUT2D eigenvalue weighted by Gasteiger charge is -2.21. The van der Waals surface area contributed by atoms with Crippen molar-refractivity contribution in [2.24, 2.45) is 5.92 Å². The fraction of sp³-hybridized carbons (Fsp3) is 0.600. The van der Waals surface area contributed by atoms with Crippen LogP contribution in [-0.4, -0.2) is 23.6 Å². The van der Waals surface area contributed by atoms with Gasteiger partial charge in [0.2, 0.25) is 0 Å². The van der Waals surface area contributed by atoms with Crippen LogP contribution in [0.4, 0.5) is 11.5 Å². The van der Waals surface area contributed by atoms with Crippen molar-refractivity contribution in [3.05, 3.63) is 17.8 Å². The van der Waals surface area contributed by atoms with Crippen molar-refractivity contribution in [3.8, 4) is 0 Å². The molecule has 1 aromatic heterocycles. The third-order valence-electron chi connectivity index (χ3n) is 3.91. The summed E-state index contributed by atoms with van der Waals surface area (Å²) < 4.78 is 4.99. The van der Waals surface area contributed by atoms with E-state index in [-0.39, 0.29) is 0 Å². The van der Waals surface area contributed by atoms with E-state index in [4.69, 9.17) is 10.5 Å². The number of nitrogens with one attached hydrogen (secondary N) is 1. The summed E-state index contributed by atoms with van der Waals surface area (Å²) in [6, 6.07) is 2.03. The van der Waals surface area contributed by atoms with Gasteiger partial charge in [0.05, 0.1) is 24.1 Å². The van der Waals surface area contributed by atoms with E-state index >= 15 is 0 Å². The molecule has 5 heteroatoms. The standard InChI is InChI=1S/C15H23N3O2/c1-3-20-15(19)12-8-14(17-9-13(12)16)18-10(2)11-6-4-5-7-11/h8-11H,3-7,16H2,1-2H3,(H,17,18). The van der Waals surface area contributed by atoms with E-state index in [0.29, 0.717) is 35.6 Å². The molecule has 0 aromatic carbocycles. The van der Waals surface area contributed by atoms with Crippen LogP contribution in [0.5, 0.6) is 0 Å². The van der Waals surface area contributed by atoms with Gasteiger partial charge in [-0.15, -0.1) is 0 Å². The molecule has 1 aliphatic rings. The fourth-order valence-corrected chi connectivity index (χ4v) is 2.74. The van der Waals surface area contributed by atoms with Crippen LogP contribution in [0, 0.1) is 5.92 Å². The summed E-state index contributed by atoms with van der Waals surface area (Å²) in [5.41, 5.74) is 6.51. The van der Waals surface area contributed by atoms with Gasteiger partial charge in [-0.25, -0.2) is 9.78 Å². The first-order chi connectivity index (χ1) is 9.61. The molecule has 0 radical (unpaired) electrons. The summed E-state index contributed by atoms with van der Waals surface area (Å²) >= 11 is 0. The Kier molecular flexibility index (Phi) is 4.82. The molecule has 0 saturated heterocycles. The number of esters is 1. The third kappa shape index (κ3) is 3.40. The predicted octanol–water partition coefficient (Wildman–Crippen LogP) is 2.83. The first kappa shape index (κ1) is 14.6. The first-order valence-corrected chi connectivity index (χ1v) is 7.31. The van der Waals surface area contributed by atoms with Crippen molar-refractivity contribution >= 4 is 17.5 Å². The normalized spacial score (nSPS) is 16.9. The molecule has 1 aromatic rings. The van der Waals surface area contributed by atoms with Crippen LogP contribution < -0.4 is 11.1 Å². The average molecular weight is 277 g/mol. The van der Waals surface area contributed by atoms with Crippen molar-refractivity contribution in [1.82, 2.24) is 4.98 Å². The number of rotatable bonds is 5. The van der Waals surface area contributed by atoms with Gasteiger partial charge in [-0.3, -0.25) is 0 Å². The molecule has 1 unspecified atom stereocenters. The number of aromatic nitrogens is 1. The number of anilines is 2. The highest BCUT2D eigenvalue weighted by molar-refractivity contribution is 5.95. The number of hydrogen-bond donors (Lipinski definition) is 2. The first-order valence-electron chi connectivity index (χ1n) is 7.31. The molecule has 0 spiro atoms. The maximum atomic E-state index is 11.8. The van der Waals surface area contributed by atoms with Crippen LogP contribution in [-0.2, 0) is 4.74 Å². The smallest absolute Gasteiger partial charge is 0.340 e. The zero-order valence-corrected chi connectivity index (χ0v) is 12.2. The van der Waals surface area contributed by atoms with Crippen LogP contribution in [0.3, 0.4) is 0 Å². The summed E-state index contributed by atoms with van der Waals surface area (Å²) in [5.74, 6) is 0.964. The molecule has 5 nitrogen and oxygen atoms in total. The highest BCUT2D eigenvalue weighted by atomic mass is 16.5. The SMILES string of the molecule is CCOC(=O)c1cc(NC(C)C2CCCC2)ncc1N. The second-order valence-electron chi connectivity index (χ2n) is 5.35. The summed E-state index contributed by atoms with van der Waals surface area (Å²) in [6.45, 7) is 4.27. The minimum absolute atomic E-state index is 0.335. The largest absolute Gasteiger partial charge is 0.462 e. The molecule has 1 heterocycles. The van der Waals surface area contributed by atoms with Gasteiger partial charge in [0.25, 0.3) is 0 Å². The highest BCUT2D eigenvalue weighted by Crippen LogP contribution is 2.29. The summed E-state index contributed by atoms with van der Waals surface area (Å²) in [7, 11) is 0. The molecule has 1 atom stereocenters. The Bertz CT molecular complexity index is 470. The molecule has 0 bridgehead atoms. The molecular formula is C15H23N3O2. The summed E-state index contributed by atoms with van der Waals surface area (Å²) in [4.78, 5) is 16.1. The van der Waals surface area contributed by atoms with Gasteiger partial charge in [0.1, 0.15) is 5.82 Å². The van der Waals surface area contributed by atoms with Crippen molar-refractivity contribution < 1.29 is 9.53 Å². The van der Waals surface area contributed by atoms with Crippen LogP contribution >= 0.6 is 0 Å². The van der Waals surface area contributed by atoms with E-state index < -0.39 is 5.97 Å². The number of carbonyl (C=O) groups is 1. The number of ether oxygens (including phenoxy) is 1. The van der Waals surface area contributed by atoms with Crippen LogP contribution in [0.1, 0.15) is 49.9 Å². The summed E-state index contributed by atoms with van der Waals surface area (Å²) in [5, 5.41) is 3.37. The van der Waals surface area contributed by atoms with Gasteiger partial charge in [-0.1, -0.05) is 12.8 Å². The van der Waals surface area contributed by atoms with Crippen LogP contribution in [0.2, 0.25) is 0 Å². The van der Waals surface area contributed by atoms with Gasteiger partial charge in [-0.05, 0) is 38.7 Å². The maximum absolute atomic E-state index is 11.8. The minimum Gasteiger partial charge on any atom is -0.462 e. The van der Waals surface area contributed by atoms with Crippen molar-refractivity contribution in [2.45, 2.75) is 45.6 Å². The van der Waals surface area contributed by atoms with Crippen molar-refractivity contribution in [2.75, 3.05) is 17.7 Å². The number of carbonyl (C=O) groups excluding carboxylic acids is 1. The average Bonchev–Trinajstić information content (AvgIpc) is 2.95. The molecule has 110 valence electrons. The van der Waals surface area contributed by atoms with Gasteiger partial charge in [0.15, 0.2) is 0 Å². The Balaban J connectivity index is 2.08. The monoisotopic (exact) mass is 277 g/mol. The lowest BCUT2D eigenvalue weighted by atomic mass is 10.00. The van der Waals surface area contributed by atoms with E-state index in [9.17, 15) is 4.79 Å². The van der Waals surface area contributed by atoms with Gasteiger partial charge in [0, 0.05) is 6.04 Å². The van der Waals surface area contributed by atoms with E-state index in [1.165, 1.54) is 31.9 Å². The van der Waals surface area contributed by atoms with Gasteiger partial charge < -0.3 is 15.8 Å². The van der Waals surface area contributed by atoms with Crippen molar-refractivity contribution in [1.29, 1.82) is 0 Å². The molecule has 1 aliphatic carbocycles. The third-order valence-corrected chi connectivity index (χ3v) is 3.91. The van der Waals surface area contributed by atoms with Crippen LogP contribution in [0.25, 0.3) is 0 Å². The molecule has 20 heavy (non-hydrogen) atoms. The van der Waals surface area contributed by atoms with E-state index in [1.54, 1.807) is 13.0 Å². The Labute approximate surface area is 119 Å². The molecule has 1 fully saturated rings. The second kappa shape index (κ2) is 6.59. The zero-order chi connectivity index (χ0) is 14.5. The molecular weight excluding hydrogens is 254 g/mol. The lowest BCUT2D eigenvalue weighted by Crippen LogP contribution is -2.24. The quantitative estimate of drug-likeness (QED) is 0.809. The van der Waals surface area contributed by atoms with Crippen molar-refractivity contribution in [3.63, 3.8) is 0 Å². The van der Waals surface area contributed by atoms with E-state index in [1.807, 2.05) is 0 Å². The minimum atomic E-state index is -0.399. The number of pyridine rings is 1. The molecule has 1 saturated carbocycles. The molecule has 0 amide bonds. The fourth-order valence-electron chi connectivity index (χ4n) is 2.74. The maximum Gasteiger partial charge on any atom is 0.340 e. The van der Waals surface area contributed by atoms with Crippen LogP contribution in [0.15, 0.2) is 12.3 Å². The number of nitrogens with two attached hydrogens (primary N) is 1. The Morgan fingerprint density at radius 2 is 2.25 bits per heavy atom. The topological polar surface area (TPSA) is 77.2 Å². The zero-order valence-electron chi connectivity index (χ0n) is 12.2. The Hall–Kier alpha value is -1.78. The predicted molar refractivity (Wildman–Crippen MR) is 79.6 cm³/mol. The number of hydrogen-bond acceptors (Lipinski definition) is 5. The summed E-state index contributed by atoms with van der Waals surface area (Å²) in [6.07, 6.45) is 6.64. The van der Waals surface area contributed by atoms with E-state index in [2.05, 4.69) is 17.2 Å². The highest BCUT2D eigenvalue weighted by Gasteiger charge is 2.22. The van der Waals surface area contributed by atoms with Gasteiger partial charge >= 0.3 is 5.97 Å². The Morgan fingerprint density at radius 1 is 1.55 bits per heavy atom. The van der Waals surface area contributed by atoms with E-state index in [0.717, 1.165) is 0 Å². The number of nitrogens with zero attached hydrogens (tertiary/aromatic N) is 1. The lowest BCUT2D eigenvalue weighted by molar-refractivity contribution is 0.0527. The molecule has 2 rings (SSSR count).